The number of rotatable bonds is 1. The van der Waals surface area contributed by atoms with Crippen molar-refractivity contribution >= 4 is 27.1 Å². The van der Waals surface area contributed by atoms with Crippen LogP contribution < -0.4 is 10.2 Å². The number of nitrogens with one attached hydrogen (secondary N) is 1. The molecule has 1 N–H and O–H groups in total. The Morgan fingerprint density at radius 2 is 2.16 bits per heavy atom. The van der Waals surface area contributed by atoms with E-state index in [4.69, 9.17) is 0 Å². The Bertz CT molecular complexity index is 639. The molecule has 0 spiro atoms. The van der Waals surface area contributed by atoms with E-state index in [0.717, 1.165) is 16.9 Å². The lowest BCUT2D eigenvalue weighted by Gasteiger charge is -2.35. The molecule has 1 unspecified atom stereocenters. The fraction of sp³-hybridized carbons (Fsp3) is 0.462. The number of carbonyl (C=O) groups excluding carboxylic acids is 1. The zero-order valence-corrected chi connectivity index (χ0v) is 11.5. The lowest BCUT2D eigenvalue weighted by molar-refractivity contribution is -0.115. The molecule has 1 fully saturated rings. The molecule has 2 aliphatic rings. The summed E-state index contributed by atoms with van der Waals surface area (Å²) in [5.74, 6) is 0.285. The normalized spacial score (nSPS) is 25.0. The molecule has 0 radical (unpaired) electrons. The zero-order chi connectivity index (χ0) is 13.6. The molecule has 19 heavy (non-hydrogen) atoms. The van der Waals surface area contributed by atoms with Crippen molar-refractivity contribution in [2.45, 2.75) is 19.4 Å². The van der Waals surface area contributed by atoms with E-state index in [0.29, 0.717) is 6.42 Å². The van der Waals surface area contributed by atoms with Gasteiger partial charge in [-0.25, -0.2) is 8.42 Å². The van der Waals surface area contributed by atoms with Gasteiger partial charge in [-0.1, -0.05) is 6.07 Å². The van der Waals surface area contributed by atoms with Crippen LogP contribution in [-0.4, -0.2) is 38.4 Å². The van der Waals surface area contributed by atoms with E-state index >= 15 is 0 Å². The van der Waals surface area contributed by atoms with Crippen LogP contribution >= 0.6 is 0 Å². The van der Waals surface area contributed by atoms with E-state index in [2.05, 4.69) is 5.32 Å². The predicted molar refractivity (Wildman–Crippen MR) is 74.2 cm³/mol. The third-order valence-electron chi connectivity index (χ3n) is 3.70. The lowest BCUT2D eigenvalue weighted by Crippen LogP contribution is -2.45. The number of benzene rings is 1. The number of hydrogen-bond acceptors (Lipinski definition) is 4. The third kappa shape index (κ3) is 2.32. The topological polar surface area (TPSA) is 66.5 Å². The molecule has 2 aliphatic heterocycles. The molecule has 1 atom stereocenters. The van der Waals surface area contributed by atoms with Crippen LogP contribution in [0.15, 0.2) is 18.2 Å². The second-order valence-corrected chi connectivity index (χ2v) is 7.48. The second-order valence-electron chi connectivity index (χ2n) is 5.25. The van der Waals surface area contributed by atoms with Gasteiger partial charge in [0.2, 0.25) is 5.91 Å². The first-order valence-electron chi connectivity index (χ1n) is 6.32. The van der Waals surface area contributed by atoms with Crippen LogP contribution in [0.1, 0.15) is 12.0 Å². The van der Waals surface area contributed by atoms with Gasteiger partial charge < -0.3 is 10.2 Å². The smallest absolute Gasteiger partial charge is 0.243 e. The molecule has 0 aromatic heterocycles. The molecular weight excluding hydrogens is 264 g/mol. The van der Waals surface area contributed by atoms with Crippen LogP contribution in [0.25, 0.3) is 0 Å². The molecule has 1 aromatic carbocycles. The van der Waals surface area contributed by atoms with Crippen molar-refractivity contribution < 1.29 is 13.2 Å². The first-order valence-corrected chi connectivity index (χ1v) is 8.14. The summed E-state index contributed by atoms with van der Waals surface area (Å²) in [5, 5.41) is 2.84. The minimum Gasteiger partial charge on any atom is -0.356 e. The highest BCUT2D eigenvalue weighted by atomic mass is 32.2. The highest BCUT2D eigenvalue weighted by molar-refractivity contribution is 7.91. The van der Waals surface area contributed by atoms with Crippen molar-refractivity contribution in [3.05, 3.63) is 23.8 Å². The molecule has 1 amide bonds. The molecule has 102 valence electrons. The first-order chi connectivity index (χ1) is 8.94. The van der Waals surface area contributed by atoms with Gasteiger partial charge in [-0.2, -0.15) is 0 Å². The number of carbonyl (C=O) groups is 1. The average molecular weight is 280 g/mol. The summed E-state index contributed by atoms with van der Waals surface area (Å²) >= 11 is 0. The van der Waals surface area contributed by atoms with Crippen LogP contribution in [0.5, 0.6) is 0 Å². The number of sulfone groups is 1. The van der Waals surface area contributed by atoms with E-state index in [1.165, 1.54) is 0 Å². The number of nitrogens with zero attached hydrogens (tertiary/aromatic N) is 1. The van der Waals surface area contributed by atoms with Crippen LogP contribution in [0.3, 0.4) is 0 Å². The molecule has 1 saturated heterocycles. The predicted octanol–water partition coefficient (Wildman–Crippen LogP) is 0.941. The van der Waals surface area contributed by atoms with Gasteiger partial charge in [-0.05, 0) is 31.0 Å². The van der Waals surface area contributed by atoms with Crippen molar-refractivity contribution in [3.8, 4) is 0 Å². The Morgan fingerprint density at radius 1 is 1.37 bits per heavy atom. The second kappa shape index (κ2) is 4.23. The maximum Gasteiger partial charge on any atom is 0.243 e. The molecule has 0 saturated carbocycles. The van der Waals surface area contributed by atoms with Crippen LogP contribution in [0.4, 0.5) is 11.4 Å². The minimum atomic E-state index is -2.95. The van der Waals surface area contributed by atoms with Gasteiger partial charge >= 0.3 is 0 Å². The van der Waals surface area contributed by atoms with Gasteiger partial charge in [0.15, 0.2) is 9.84 Å². The van der Waals surface area contributed by atoms with Crippen LogP contribution in [0.2, 0.25) is 0 Å². The Labute approximate surface area is 112 Å². The summed E-state index contributed by atoms with van der Waals surface area (Å²) in [7, 11) is -2.95. The standard InChI is InChI=1S/C13H16N2O3S/c1-9-2-3-12-11(6-9)14-13(16)7-15(12)10-4-5-19(17,18)8-10/h2-3,6,10H,4-5,7-8H2,1H3,(H,14,16). The summed E-state index contributed by atoms with van der Waals surface area (Å²) in [6, 6.07) is 5.77. The summed E-state index contributed by atoms with van der Waals surface area (Å²) in [5.41, 5.74) is 2.77. The molecule has 1 aromatic rings. The lowest BCUT2D eigenvalue weighted by atomic mass is 10.1. The Kier molecular flexibility index (Phi) is 2.78. The fourth-order valence-corrected chi connectivity index (χ4v) is 4.51. The average Bonchev–Trinajstić information content (AvgIpc) is 2.68. The molecule has 0 aliphatic carbocycles. The quantitative estimate of drug-likeness (QED) is 0.831. The number of hydrogen-bond donors (Lipinski definition) is 1. The SMILES string of the molecule is Cc1ccc2c(c1)NC(=O)CN2C1CCS(=O)(=O)C1. The van der Waals surface area contributed by atoms with E-state index in [1.54, 1.807) is 0 Å². The van der Waals surface area contributed by atoms with E-state index < -0.39 is 9.84 Å². The third-order valence-corrected chi connectivity index (χ3v) is 5.45. The van der Waals surface area contributed by atoms with Crippen molar-refractivity contribution in [3.63, 3.8) is 0 Å². The number of amides is 1. The summed E-state index contributed by atoms with van der Waals surface area (Å²) < 4.78 is 23.2. The molecular formula is C13H16N2O3S. The van der Waals surface area contributed by atoms with Gasteiger partial charge in [0.1, 0.15) is 0 Å². The summed E-state index contributed by atoms with van der Waals surface area (Å²) in [4.78, 5) is 13.7. The van der Waals surface area contributed by atoms with Crippen molar-refractivity contribution in [2.24, 2.45) is 0 Å². The van der Waals surface area contributed by atoms with Gasteiger partial charge in [0, 0.05) is 6.04 Å². The van der Waals surface area contributed by atoms with Gasteiger partial charge in [-0.15, -0.1) is 0 Å². The van der Waals surface area contributed by atoms with Crippen molar-refractivity contribution in [1.82, 2.24) is 0 Å². The molecule has 6 heteroatoms. The fourth-order valence-electron chi connectivity index (χ4n) is 2.78. The highest BCUT2D eigenvalue weighted by Gasteiger charge is 2.35. The molecule has 5 nitrogen and oxygen atoms in total. The minimum absolute atomic E-state index is 0.0811. The van der Waals surface area contributed by atoms with E-state index in [9.17, 15) is 13.2 Å². The molecule has 2 heterocycles. The Hall–Kier alpha value is -1.56. The first kappa shape index (κ1) is 12.5. The molecule has 0 bridgehead atoms. The Balaban J connectivity index is 1.98. The maximum atomic E-state index is 11.8. The summed E-state index contributed by atoms with van der Waals surface area (Å²) in [6.45, 7) is 2.20. The van der Waals surface area contributed by atoms with Gasteiger partial charge in [0.25, 0.3) is 0 Å². The van der Waals surface area contributed by atoms with Crippen molar-refractivity contribution in [2.75, 3.05) is 28.3 Å². The maximum absolute atomic E-state index is 11.8. The van der Waals surface area contributed by atoms with Crippen LogP contribution in [-0.2, 0) is 14.6 Å². The monoisotopic (exact) mass is 280 g/mol. The molecule has 3 rings (SSSR count). The van der Waals surface area contributed by atoms with E-state index in [1.807, 2.05) is 30.0 Å². The highest BCUT2D eigenvalue weighted by Crippen LogP contribution is 2.34. The van der Waals surface area contributed by atoms with E-state index in [-0.39, 0.29) is 30.0 Å². The van der Waals surface area contributed by atoms with Crippen molar-refractivity contribution in [1.29, 1.82) is 0 Å². The zero-order valence-electron chi connectivity index (χ0n) is 10.7. The number of anilines is 2. The Morgan fingerprint density at radius 3 is 2.84 bits per heavy atom. The van der Waals surface area contributed by atoms with Gasteiger partial charge in [0.05, 0.1) is 29.4 Å². The van der Waals surface area contributed by atoms with Gasteiger partial charge in [-0.3, -0.25) is 4.79 Å². The number of aryl methyl sites for hydroxylation is 1. The largest absolute Gasteiger partial charge is 0.356 e. The summed E-state index contributed by atoms with van der Waals surface area (Å²) in [6.07, 6.45) is 0.600. The van der Waals surface area contributed by atoms with Crippen LogP contribution in [0, 0.1) is 6.92 Å². The number of fused-ring (bicyclic) bond motifs is 1.